The van der Waals surface area contributed by atoms with Gasteiger partial charge in [-0.2, -0.15) is 0 Å². The molecule has 0 bridgehead atoms. The van der Waals surface area contributed by atoms with Gasteiger partial charge in [-0.15, -0.1) is 0 Å². The van der Waals surface area contributed by atoms with Gasteiger partial charge in [0.25, 0.3) is 5.22 Å². The van der Waals surface area contributed by atoms with Crippen LogP contribution in [0.4, 0.5) is 0 Å². The van der Waals surface area contributed by atoms with Crippen LogP contribution < -0.4 is 4.74 Å². The molecule has 0 saturated carbocycles. The number of aromatic nitrogens is 1. The summed E-state index contributed by atoms with van der Waals surface area (Å²) in [5, 5.41) is 0.496. The SMILES string of the molecule is COc1ccc(C(=O)CSc2ncco2)cc1Br. The molecule has 0 amide bonds. The van der Waals surface area contributed by atoms with Crippen molar-refractivity contribution in [1.82, 2.24) is 4.98 Å². The highest BCUT2D eigenvalue weighted by Gasteiger charge is 2.10. The molecule has 2 aromatic rings. The molecule has 0 atom stereocenters. The van der Waals surface area contributed by atoms with Crippen molar-refractivity contribution in [3.05, 3.63) is 40.7 Å². The van der Waals surface area contributed by atoms with Crippen LogP contribution in [0.25, 0.3) is 0 Å². The van der Waals surface area contributed by atoms with E-state index in [9.17, 15) is 4.79 Å². The van der Waals surface area contributed by atoms with Crippen molar-refractivity contribution in [3.63, 3.8) is 0 Å². The lowest BCUT2D eigenvalue weighted by atomic mass is 10.1. The van der Waals surface area contributed by atoms with Gasteiger partial charge < -0.3 is 9.15 Å². The van der Waals surface area contributed by atoms with Gasteiger partial charge in [0.05, 0.1) is 23.5 Å². The van der Waals surface area contributed by atoms with Gasteiger partial charge in [0.2, 0.25) is 0 Å². The molecule has 6 heteroatoms. The lowest BCUT2D eigenvalue weighted by Gasteiger charge is -2.05. The van der Waals surface area contributed by atoms with Crippen molar-refractivity contribution in [2.24, 2.45) is 0 Å². The van der Waals surface area contributed by atoms with E-state index in [1.165, 1.54) is 18.0 Å². The van der Waals surface area contributed by atoms with Crippen molar-refractivity contribution >= 4 is 33.5 Å². The van der Waals surface area contributed by atoms with Crippen molar-refractivity contribution < 1.29 is 13.9 Å². The van der Waals surface area contributed by atoms with Gasteiger partial charge in [0.1, 0.15) is 12.0 Å². The molecule has 0 spiro atoms. The van der Waals surface area contributed by atoms with Crippen LogP contribution in [-0.2, 0) is 0 Å². The maximum Gasteiger partial charge on any atom is 0.255 e. The van der Waals surface area contributed by atoms with E-state index in [4.69, 9.17) is 9.15 Å². The first-order valence-corrected chi connectivity index (χ1v) is 6.87. The second kappa shape index (κ2) is 6.06. The Kier molecular flexibility index (Phi) is 4.43. The highest BCUT2D eigenvalue weighted by atomic mass is 79.9. The number of nitrogens with zero attached hydrogens (tertiary/aromatic N) is 1. The summed E-state index contributed by atoms with van der Waals surface area (Å²) in [4.78, 5) is 15.9. The summed E-state index contributed by atoms with van der Waals surface area (Å²) in [5.41, 5.74) is 0.627. The Morgan fingerprint density at radius 1 is 1.56 bits per heavy atom. The fourth-order valence-corrected chi connectivity index (χ4v) is 2.55. The number of ketones is 1. The minimum atomic E-state index is 0.0153. The maximum atomic E-state index is 11.9. The Bertz CT molecular complexity index is 542. The zero-order valence-electron chi connectivity index (χ0n) is 9.55. The molecule has 0 saturated heterocycles. The highest BCUT2D eigenvalue weighted by molar-refractivity contribution is 9.10. The van der Waals surface area contributed by atoms with E-state index < -0.39 is 0 Å². The Morgan fingerprint density at radius 2 is 2.39 bits per heavy atom. The summed E-state index contributed by atoms with van der Waals surface area (Å²) in [7, 11) is 1.58. The number of oxazole rings is 1. The lowest BCUT2D eigenvalue weighted by Crippen LogP contribution is -2.02. The fourth-order valence-electron chi connectivity index (χ4n) is 1.33. The molecule has 2 rings (SSSR count). The van der Waals surface area contributed by atoms with Crippen LogP contribution in [0.1, 0.15) is 10.4 Å². The quantitative estimate of drug-likeness (QED) is 0.622. The Hall–Kier alpha value is -1.27. The molecular weight excluding hydrogens is 318 g/mol. The Morgan fingerprint density at radius 3 is 3.00 bits per heavy atom. The van der Waals surface area contributed by atoms with E-state index in [1.807, 2.05) is 0 Å². The van der Waals surface area contributed by atoms with Crippen molar-refractivity contribution in [1.29, 1.82) is 0 Å². The van der Waals surface area contributed by atoms with Crippen LogP contribution in [0.5, 0.6) is 5.75 Å². The van der Waals surface area contributed by atoms with E-state index >= 15 is 0 Å². The zero-order chi connectivity index (χ0) is 13.0. The van der Waals surface area contributed by atoms with Gasteiger partial charge in [-0.05, 0) is 34.1 Å². The largest absolute Gasteiger partial charge is 0.496 e. The molecule has 0 aliphatic rings. The average Bonchev–Trinajstić information content (AvgIpc) is 2.89. The summed E-state index contributed by atoms with van der Waals surface area (Å²) < 4.78 is 10.9. The predicted octanol–water partition coefficient (Wildman–Crippen LogP) is 3.42. The minimum absolute atomic E-state index is 0.0153. The number of hydrogen-bond acceptors (Lipinski definition) is 5. The van der Waals surface area contributed by atoms with Crippen molar-refractivity contribution in [2.75, 3.05) is 12.9 Å². The van der Waals surface area contributed by atoms with Crippen LogP contribution in [0.15, 0.2) is 44.8 Å². The lowest BCUT2D eigenvalue weighted by molar-refractivity contribution is 0.102. The van der Waals surface area contributed by atoms with Crippen LogP contribution in [-0.4, -0.2) is 23.6 Å². The first-order valence-electron chi connectivity index (χ1n) is 5.09. The van der Waals surface area contributed by atoms with Crippen LogP contribution in [0.2, 0.25) is 0 Å². The summed E-state index contributed by atoms with van der Waals surface area (Å²) in [6.07, 6.45) is 3.04. The van der Waals surface area contributed by atoms with Gasteiger partial charge in [-0.1, -0.05) is 11.8 Å². The molecule has 0 N–H and O–H groups in total. The zero-order valence-corrected chi connectivity index (χ0v) is 12.0. The van der Waals surface area contributed by atoms with Gasteiger partial charge in [-0.3, -0.25) is 4.79 Å². The summed E-state index contributed by atoms with van der Waals surface area (Å²) in [5.74, 6) is 1.01. The number of halogens is 1. The van der Waals surface area contributed by atoms with E-state index in [0.29, 0.717) is 22.3 Å². The smallest absolute Gasteiger partial charge is 0.255 e. The second-order valence-electron chi connectivity index (χ2n) is 3.36. The molecule has 18 heavy (non-hydrogen) atoms. The van der Waals surface area contributed by atoms with Crippen molar-refractivity contribution in [2.45, 2.75) is 5.22 Å². The molecule has 0 fully saturated rings. The summed E-state index contributed by atoms with van der Waals surface area (Å²) in [6.45, 7) is 0. The average molecular weight is 328 g/mol. The monoisotopic (exact) mass is 327 g/mol. The third-order valence-electron chi connectivity index (χ3n) is 2.21. The van der Waals surface area contributed by atoms with Crippen LogP contribution >= 0.6 is 27.7 Å². The standard InChI is InChI=1S/C12H10BrNO3S/c1-16-11-3-2-8(6-9(11)13)10(15)7-18-12-14-4-5-17-12/h2-6H,7H2,1H3. The maximum absolute atomic E-state index is 11.9. The predicted molar refractivity (Wildman–Crippen MR) is 72.3 cm³/mol. The molecule has 1 aromatic carbocycles. The third kappa shape index (κ3) is 3.14. The number of benzene rings is 1. The number of carbonyl (C=O) groups excluding carboxylic acids is 1. The highest BCUT2D eigenvalue weighted by Crippen LogP contribution is 2.26. The number of Topliss-reactive ketones (excluding diaryl/α,β-unsaturated/α-hetero) is 1. The Balaban J connectivity index is 2.02. The first-order chi connectivity index (χ1) is 8.70. The number of thioether (sulfide) groups is 1. The normalized spacial score (nSPS) is 10.3. The number of carbonyl (C=O) groups is 1. The van der Waals surface area contributed by atoms with Crippen molar-refractivity contribution in [3.8, 4) is 5.75 Å². The summed E-state index contributed by atoms with van der Waals surface area (Å²) in [6, 6.07) is 5.24. The number of rotatable bonds is 5. The number of hydrogen-bond donors (Lipinski definition) is 0. The minimum Gasteiger partial charge on any atom is -0.496 e. The van der Waals surface area contributed by atoms with Gasteiger partial charge in [0, 0.05) is 5.56 Å². The molecule has 0 aliphatic carbocycles. The topological polar surface area (TPSA) is 52.3 Å². The second-order valence-corrected chi connectivity index (χ2v) is 5.14. The van der Waals surface area contributed by atoms with E-state index in [1.54, 1.807) is 31.5 Å². The van der Waals surface area contributed by atoms with Gasteiger partial charge in [-0.25, -0.2) is 4.98 Å². The number of methoxy groups -OCH3 is 1. The van der Waals surface area contributed by atoms with Gasteiger partial charge >= 0.3 is 0 Å². The fraction of sp³-hybridized carbons (Fsp3) is 0.167. The molecule has 1 aromatic heterocycles. The molecule has 1 heterocycles. The van der Waals surface area contributed by atoms with E-state index in [2.05, 4.69) is 20.9 Å². The number of ether oxygens (including phenoxy) is 1. The molecule has 0 aliphatic heterocycles. The molecule has 4 nitrogen and oxygen atoms in total. The molecule has 0 radical (unpaired) electrons. The van der Waals surface area contributed by atoms with Gasteiger partial charge in [0.15, 0.2) is 5.78 Å². The third-order valence-corrected chi connectivity index (χ3v) is 3.68. The first kappa shape index (κ1) is 13.2. The van der Waals surface area contributed by atoms with Crippen LogP contribution in [0.3, 0.4) is 0 Å². The van der Waals surface area contributed by atoms with E-state index in [0.717, 1.165) is 4.47 Å². The molecular formula is C12H10BrNO3S. The van der Waals surface area contributed by atoms with E-state index in [-0.39, 0.29) is 5.78 Å². The molecule has 0 unspecified atom stereocenters. The molecule has 94 valence electrons. The Labute approximate surface area is 117 Å². The summed E-state index contributed by atoms with van der Waals surface area (Å²) >= 11 is 4.62. The van der Waals surface area contributed by atoms with Crippen LogP contribution in [0, 0.1) is 0 Å².